The second-order valence-electron chi connectivity index (χ2n) is 26.4. The molecule has 19 N–H and O–H groups in total. The second-order valence-corrected chi connectivity index (χ2v) is 27.3. The van der Waals surface area contributed by atoms with Gasteiger partial charge in [0.2, 0.25) is 53.2 Å². The summed E-state index contributed by atoms with van der Waals surface area (Å²) in [6.07, 6.45) is 8.79. The maximum absolute atomic E-state index is 14.9. The van der Waals surface area contributed by atoms with Crippen LogP contribution in [-0.4, -0.2) is 211 Å². The van der Waals surface area contributed by atoms with Crippen molar-refractivity contribution in [3.63, 3.8) is 0 Å². The van der Waals surface area contributed by atoms with Gasteiger partial charge in [0.05, 0.1) is 76.5 Å². The predicted molar refractivity (Wildman–Crippen MR) is 346 cm³/mol. The molecule has 92 heavy (non-hydrogen) atoms. The number of hydrogen-bond donors (Lipinski definition) is 17. The number of carbonyl (C=O) groups excluding carboxylic acids is 10. The van der Waals surface area contributed by atoms with Crippen LogP contribution in [0, 0.1) is 11.8 Å². The number of unbranched alkanes of at least 4 members (excludes halogenated alkanes) is 12. The highest BCUT2D eigenvalue weighted by atomic mass is 32.2. The van der Waals surface area contributed by atoms with Crippen molar-refractivity contribution in [2.75, 3.05) is 33.4 Å². The highest BCUT2D eigenvalue weighted by Gasteiger charge is 2.48. The van der Waals surface area contributed by atoms with Crippen molar-refractivity contribution in [1.82, 2.24) is 42.5 Å². The van der Waals surface area contributed by atoms with Crippen molar-refractivity contribution in [3.8, 4) is 0 Å². The Labute approximate surface area is 546 Å². The molecule has 2 heterocycles. The number of hydrogen-bond acceptors (Lipinski definition) is 18. The highest BCUT2D eigenvalue weighted by Crippen LogP contribution is 2.26. The monoisotopic (exact) mass is 1330 g/mol. The molecule has 0 bridgehead atoms. The van der Waals surface area contributed by atoms with Gasteiger partial charge in [0.25, 0.3) is 5.91 Å². The third kappa shape index (κ3) is 32.9. The van der Waals surface area contributed by atoms with E-state index < -0.39 is 174 Å². The normalized spacial score (nSPS) is 23.5. The lowest BCUT2D eigenvalue weighted by Crippen LogP contribution is -2.68. The number of quaternary nitrogens is 1. The Hall–Kier alpha value is -5.79. The third-order valence-corrected chi connectivity index (χ3v) is 17.3. The lowest BCUT2D eigenvalue weighted by Gasteiger charge is -2.38. The molecule has 526 valence electrons. The number of aliphatic hydroxyl groups excluding tert-OH is 7. The van der Waals surface area contributed by atoms with E-state index >= 15 is 0 Å². The first-order valence-corrected chi connectivity index (χ1v) is 33.7. The molecule has 14 atom stereocenters. The Morgan fingerprint density at radius 3 is 1.60 bits per heavy atom. The van der Waals surface area contributed by atoms with Gasteiger partial charge in [-0.15, -0.1) is 11.8 Å². The number of rotatable bonds is 39. The van der Waals surface area contributed by atoms with Crippen molar-refractivity contribution in [2.45, 2.75) is 267 Å². The van der Waals surface area contributed by atoms with Gasteiger partial charge >= 0.3 is 0 Å². The van der Waals surface area contributed by atoms with Crippen molar-refractivity contribution in [2.24, 2.45) is 23.3 Å². The Morgan fingerprint density at radius 2 is 1.10 bits per heavy atom. The summed E-state index contributed by atoms with van der Waals surface area (Å²) in [5.74, 6) is -11.8. The van der Waals surface area contributed by atoms with Crippen LogP contribution in [-0.2, 0) is 47.9 Å². The van der Waals surface area contributed by atoms with Gasteiger partial charge in [0, 0.05) is 18.4 Å². The first-order chi connectivity index (χ1) is 43.2. The zero-order chi connectivity index (χ0) is 69.3. The van der Waals surface area contributed by atoms with E-state index in [0.29, 0.717) is 43.1 Å². The molecular weight excluding hydrogens is 1210 g/mol. The van der Waals surface area contributed by atoms with Crippen LogP contribution in [0.3, 0.4) is 0 Å². The number of likely N-dealkylation sites (N-methyl/N-ethyl adjacent to an activating group) is 1. The minimum atomic E-state index is -2.31. The predicted octanol–water partition coefficient (Wildman–Crippen LogP) is -0.489. The molecule has 1 spiro atoms. The summed E-state index contributed by atoms with van der Waals surface area (Å²) in [7, 11) is 5.91. The maximum atomic E-state index is 14.9. The smallest absolute Gasteiger partial charge is 0.268 e. The topological polar surface area (TPSA) is 461 Å². The van der Waals surface area contributed by atoms with Crippen molar-refractivity contribution >= 4 is 70.8 Å². The second kappa shape index (κ2) is 42.5. The van der Waals surface area contributed by atoms with Gasteiger partial charge < -0.3 is 94.2 Å². The number of amides is 10. The molecule has 2 aliphatic heterocycles. The number of allylic oxidation sites excluding steroid dienone is 1. The van der Waals surface area contributed by atoms with Gasteiger partial charge in [0.15, 0.2) is 0 Å². The number of carbonyl (C=O) groups is 10. The number of nitrogens with zero attached hydrogens (tertiary/aromatic N) is 1. The van der Waals surface area contributed by atoms with Crippen LogP contribution < -0.4 is 54.0 Å². The van der Waals surface area contributed by atoms with Crippen LogP contribution in [0.1, 0.15) is 189 Å². The molecular formula is C63H112N11O17S+. The maximum Gasteiger partial charge on any atom is 0.268 e. The van der Waals surface area contributed by atoms with E-state index in [1.807, 2.05) is 21.1 Å². The molecule has 0 aromatic carbocycles. The summed E-state index contributed by atoms with van der Waals surface area (Å²) >= 11 is 0.825. The molecule has 28 nitrogen and oxygen atoms in total. The van der Waals surface area contributed by atoms with Crippen LogP contribution >= 0.6 is 11.8 Å². The van der Waals surface area contributed by atoms with Crippen molar-refractivity contribution < 1.29 is 88.2 Å². The summed E-state index contributed by atoms with van der Waals surface area (Å²) < 4.78 is 0.594. The summed E-state index contributed by atoms with van der Waals surface area (Å²) in [5.41, 5.74) is 8.18. The zero-order valence-electron chi connectivity index (χ0n) is 55.4. The van der Waals surface area contributed by atoms with Gasteiger partial charge in [-0.1, -0.05) is 110 Å². The number of nitrogens with one attached hydrogen (secondary N) is 8. The van der Waals surface area contributed by atoms with Crippen molar-refractivity contribution in [3.05, 3.63) is 23.4 Å². The minimum absolute atomic E-state index is 0.000963. The average molecular weight is 1330 g/mol. The first-order valence-electron chi connectivity index (χ1n) is 32.7. The number of nitrogens with two attached hydrogens (primary N) is 2. The van der Waals surface area contributed by atoms with E-state index in [0.717, 1.165) is 95.0 Å². The highest BCUT2D eigenvalue weighted by molar-refractivity contribution is 8.02. The summed E-state index contributed by atoms with van der Waals surface area (Å²) in [4.78, 5) is 136. The molecule has 0 aliphatic carbocycles. The van der Waals surface area contributed by atoms with Crippen molar-refractivity contribution in [1.29, 1.82) is 0 Å². The molecule has 0 saturated carbocycles. The number of aliphatic hydroxyl groups is 7. The van der Waals surface area contributed by atoms with E-state index in [1.54, 1.807) is 13.8 Å². The van der Waals surface area contributed by atoms with Crippen LogP contribution in [0.25, 0.3) is 0 Å². The fourth-order valence-corrected chi connectivity index (χ4v) is 11.9. The Kier molecular flexibility index (Phi) is 38.0. The molecule has 2 rings (SSSR count). The molecule has 1 saturated heterocycles. The molecule has 10 amide bonds. The van der Waals surface area contributed by atoms with Crippen LogP contribution in [0.15, 0.2) is 23.4 Å². The zero-order valence-corrected chi connectivity index (χ0v) is 56.2. The summed E-state index contributed by atoms with van der Waals surface area (Å²) in [5, 5.41) is 94.3. The molecule has 0 aromatic heterocycles. The van der Waals surface area contributed by atoms with Gasteiger partial charge in [-0.2, -0.15) is 0 Å². The van der Waals surface area contributed by atoms with E-state index in [-0.39, 0.29) is 31.4 Å². The first kappa shape index (κ1) is 82.3. The van der Waals surface area contributed by atoms with Gasteiger partial charge in [0.1, 0.15) is 54.1 Å². The lowest BCUT2D eigenvalue weighted by atomic mass is 9.89. The van der Waals surface area contributed by atoms with Gasteiger partial charge in [-0.25, -0.2) is 0 Å². The number of primary amides is 2. The summed E-state index contributed by atoms with van der Waals surface area (Å²) in [6.45, 7) is 8.02. The molecule has 29 heteroatoms. The van der Waals surface area contributed by atoms with E-state index in [4.69, 9.17) is 11.5 Å². The van der Waals surface area contributed by atoms with Gasteiger partial charge in [-0.05, 0) is 76.5 Å². The van der Waals surface area contributed by atoms with Crippen LogP contribution in [0.4, 0.5) is 0 Å². The quantitative estimate of drug-likeness (QED) is 0.0210. The Balaban J connectivity index is 1.90. The molecule has 2 aliphatic rings. The fraction of sp³-hybridized carbons (Fsp3) is 0.778. The van der Waals surface area contributed by atoms with Gasteiger partial charge in [-0.3, -0.25) is 47.9 Å². The molecule has 1 fully saturated rings. The Bertz CT molecular complexity index is 2430. The third-order valence-electron chi connectivity index (χ3n) is 16.3. The number of thioether (sulfide) groups is 1. The van der Waals surface area contributed by atoms with Crippen LogP contribution in [0.2, 0.25) is 0 Å². The van der Waals surface area contributed by atoms with Crippen LogP contribution in [0.5, 0.6) is 0 Å². The summed E-state index contributed by atoms with van der Waals surface area (Å²) in [6, 6.07) is -7.92. The standard InChI is InChI=1S/C63H111N11O17S/c1-9-47-58(87)72-54(38(2)3)61(90)73-63(37-92-28-27-66-57(86)48(33-52(64)82)69-59(88)49(34-53(65)83)71-62(63)91)35-50(60(89)68-47)70-56(85)40(5)67-55(84)39(4)51(81)24-22-20-18-16-14-12-10-11-13-15-17-19-21-23-41(75)29-44(78)31-46(80)32-45(79)30-42(76)25-26-43(77)36-74(6,7)8/h9,27-28,38-46,48-51,54,75-81H,10-26,29-37H2,1-8H3,(H11-,64,65,66,67,68,69,70,71,72,73,82,83,84,85,86,87,88,89,90,91)/p+1/b28-27-,47-9-/t39?,40-,41?,42?,43?,44?,45?,46?,48-,49-,50?,51?,54-,63?/m0/s1. The van der Waals surface area contributed by atoms with E-state index in [9.17, 15) is 83.7 Å². The average Bonchev–Trinajstić information content (AvgIpc) is 1.22. The largest absolute Gasteiger partial charge is 0.393 e. The Morgan fingerprint density at radius 1 is 0.620 bits per heavy atom. The van der Waals surface area contributed by atoms with E-state index in [2.05, 4.69) is 42.5 Å². The fourth-order valence-electron chi connectivity index (χ4n) is 11.0. The van der Waals surface area contributed by atoms with E-state index in [1.165, 1.54) is 32.3 Å². The SMILES string of the molecule is C/C=C1\NC(=O)C(NC(=O)[C@H](C)NC(=O)C(C)C(O)CCCCCCCCCCCCCCCC(O)CC(O)CC(O)CC(O)CC(O)CCC(O)C[N+](C)(C)C)CC2(CS/C=C\NC(=O)[C@H](CC(N)=O)NC(=O)[C@H](CC(N)=O)NC2=O)NC(=O)[C@H](C(C)C)NC1=O. The molecule has 0 radical (unpaired) electrons. The molecule has 0 aromatic rings. The minimum Gasteiger partial charge on any atom is -0.393 e. The lowest BCUT2D eigenvalue weighted by molar-refractivity contribution is -0.873. The molecule has 10 unspecified atom stereocenters.